The Morgan fingerprint density at radius 1 is 1.14 bits per heavy atom. The van der Waals surface area contributed by atoms with Crippen LogP contribution in [-0.2, 0) is 23.4 Å². The van der Waals surface area contributed by atoms with Crippen molar-refractivity contribution in [1.82, 2.24) is 29.6 Å². The minimum Gasteiger partial charge on any atom is -0.465 e. The summed E-state index contributed by atoms with van der Waals surface area (Å²) >= 11 is 0. The number of benzene rings is 1. The quantitative estimate of drug-likeness (QED) is 0.127. The lowest BCUT2D eigenvalue weighted by atomic mass is 9.96. The number of nitrogens with two attached hydrogens (primary N) is 2. The van der Waals surface area contributed by atoms with Crippen molar-refractivity contribution in [3.8, 4) is 5.75 Å². The normalized spacial score (nSPS) is 24.5. The first-order valence-electron chi connectivity index (χ1n) is 13.0. The minimum atomic E-state index is -4.27. The van der Waals surface area contributed by atoms with Gasteiger partial charge in [0.2, 0.25) is 0 Å². The zero-order valence-corrected chi connectivity index (χ0v) is 23.8. The molecule has 0 aliphatic carbocycles. The van der Waals surface area contributed by atoms with E-state index in [9.17, 15) is 19.6 Å². The number of carbonyl (C=O) groups excluding carboxylic acids is 1. The second kappa shape index (κ2) is 11.4. The fraction of sp³-hybridized carbons (Fsp3) is 0.400. The molecule has 4 aromatic rings. The van der Waals surface area contributed by atoms with Crippen molar-refractivity contribution in [2.24, 2.45) is 0 Å². The molecule has 1 aliphatic rings. The average molecular weight is 603 g/mol. The Balaban J connectivity index is 1.46. The van der Waals surface area contributed by atoms with Crippen LogP contribution >= 0.6 is 7.75 Å². The molecule has 0 saturated carbocycles. The van der Waals surface area contributed by atoms with E-state index in [1.54, 1.807) is 37.3 Å². The number of hydrogen-bond donors (Lipinski definition) is 5. The fourth-order valence-corrected chi connectivity index (χ4v) is 6.24. The maximum absolute atomic E-state index is 13.8. The summed E-state index contributed by atoms with van der Waals surface area (Å²) < 4.78 is 37.7. The fourth-order valence-electron chi connectivity index (χ4n) is 4.74. The molecule has 17 heteroatoms. The van der Waals surface area contributed by atoms with Crippen molar-refractivity contribution < 1.29 is 38.1 Å². The average Bonchev–Trinajstić information content (AvgIpc) is 3.40. The highest BCUT2D eigenvalue weighted by molar-refractivity contribution is 7.52. The first-order chi connectivity index (χ1) is 20.0. The summed E-state index contributed by atoms with van der Waals surface area (Å²) in [6.45, 7) is 4.03. The van der Waals surface area contributed by atoms with Gasteiger partial charge in [0.05, 0.1) is 24.0 Å². The van der Waals surface area contributed by atoms with Gasteiger partial charge in [-0.05, 0) is 32.9 Å². The Kier molecular flexibility index (Phi) is 8.02. The summed E-state index contributed by atoms with van der Waals surface area (Å²) in [6, 6.07) is 7.11. The smallest absolute Gasteiger partial charge is 0.459 e. The van der Waals surface area contributed by atoms with Crippen molar-refractivity contribution in [3.05, 3.63) is 43.0 Å². The molecule has 1 saturated heterocycles. The van der Waals surface area contributed by atoms with E-state index >= 15 is 0 Å². The standard InChI is InChI=1S/C25H31N8O8P/c1-4-38-23(35)13(2)32-42(37,41-14-8-6-5-7-9-14)39-10-15-18(34)25(3,36)24(40-15)33-21-16(19(26)28-11-30-21)17-20(27)29-12-31-22(17)33/h5-9,11-13,15,18,24,34,36H,4,10H2,1-3H3,(H,32,37)(H2,26,28,30)(H2,27,29,31)/t13-,15+,18+,24+,25+,42?/m0/s1. The van der Waals surface area contributed by atoms with Crippen LogP contribution in [0, 0.1) is 0 Å². The molecule has 224 valence electrons. The van der Waals surface area contributed by atoms with Crippen molar-refractivity contribution in [2.75, 3.05) is 24.7 Å². The molecular formula is C25H31N8O8P. The van der Waals surface area contributed by atoms with Crippen LogP contribution in [0.3, 0.4) is 0 Å². The topological polar surface area (TPSA) is 232 Å². The number of anilines is 2. The van der Waals surface area contributed by atoms with Crippen molar-refractivity contribution in [1.29, 1.82) is 0 Å². The van der Waals surface area contributed by atoms with Gasteiger partial charge < -0.3 is 35.7 Å². The Bertz CT molecular complexity index is 1590. The molecule has 4 heterocycles. The van der Waals surface area contributed by atoms with Crippen LogP contribution in [0.1, 0.15) is 27.0 Å². The minimum absolute atomic E-state index is 0.101. The van der Waals surface area contributed by atoms with E-state index in [1.165, 1.54) is 31.1 Å². The molecule has 3 aromatic heterocycles. The summed E-state index contributed by atoms with van der Waals surface area (Å²) in [5, 5.41) is 25.9. The summed E-state index contributed by atoms with van der Waals surface area (Å²) in [4.78, 5) is 28.9. The molecule has 0 amide bonds. The van der Waals surface area contributed by atoms with Gasteiger partial charge in [-0.25, -0.2) is 24.5 Å². The molecule has 1 aromatic carbocycles. The van der Waals surface area contributed by atoms with E-state index in [-0.39, 0.29) is 35.3 Å². The zero-order chi connectivity index (χ0) is 30.2. The lowest BCUT2D eigenvalue weighted by molar-refractivity contribution is -0.144. The molecule has 1 aliphatic heterocycles. The number of nitrogens with zero attached hydrogens (tertiary/aromatic N) is 5. The molecule has 0 spiro atoms. The highest BCUT2D eigenvalue weighted by atomic mass is 31.2. The van der Waals surface area contributed by atoms with E-state index in [1.807, 2.05) is 0 Å². The molecular weight excluding hydrogens is 571 g/mol. The van der Waals surface area contributed by atoms with Crippen LogP contribution in [-0.4, -0.2) is 77.7 Å². The van der Waals surface area contributed by atoms with E-state index in [4.69, 9.17) is 30.0 Å². The van der Waals surface area contributed by atoms with Crippen LogP contribution in [0.25, 0.3) is 22.1 Å². The number of esters is 1. The van der Waals surface area contributed by atoms with E-state index in [0.717, 1.165) is 0 Å². The van der Waals surface area contributed by atoms with Gasteiger partial charge in [-0.1, -0.05) is 18.2 Å². The number of nitrogens with one attached hydrogen (secondary N) is 1. The summed E-state index contributed by atoms with van der Waals surface area (Å²) in [6.07, 6.45) is -1.62. The van der Waals surface area contributed by atoms with Crippen LogP contribution in [0.4, 0.5) is 11.6 Å². The number of fused-ring (bicyclic) bond motifs is 3. The number of aliphatic hydroxyl groups excluding tert-OH is 1. The summed E-state index contributed by atoms with van der Waals surface area (Å²) in [7, 11) is -4.27. The van der Waals surface area contributed by atoms with Gasteiger partial charge in [0.1, 0.15) is 65.2 Å². The monoisotopic (exact) mass is 602 g/mol. The SMILES string of the molecule is CCOC(=O)[C@H](C)NP(=O)(OC[C@H]1O[C@@H](n2c3ncnc(N)c3c3c(N)ncnc32)[C@](C)(O)[C@@H]1O)Oc1ccccc1. The van der Waals surface area contributed by atoms with Crippen molar-refractivity contribution >= 4 is 47.4 Å². The number of hydrogen-bond acceptors (Lipinski definition) is 14. The number of rotatable bonds is 10. The molecule has 16 nitrogen and oxygen atoms in total. The third kappa shape index (κ3) is 5.35. The Morgan fingerprint density at radius 3 is 2.31 bits per heavy atom. The maximum atomic E-state index is 13.8. The number of para-hydroxylation sites is 1. The van der Waals surface area contributed by atoms with E-state index in [0.29, 0.717) is 10.8 Å². The lowest BCUT2D eigenvalue weighted by Crippen LogP contribution is -2.44. The third-order valence-corrected chi connectivity index (χ3v) is 8.42. The van der Waals surface area contributed by atoms with Crippen molar-refractivity contribution in [2.45, 2.75) is 50.8 Å². The van der Waals surface area contributed by atoms with Gasteiger partial charge in [0, 0.05) is 0 Å². The molecule has 0 bridgehead atoms. The van der Waals surface area contributed by atoms with Gasteiger partial charge >= 0.3 is 13.7 Å². The number of carbonyl (C=O) groups is 1. The number of aromatic nitrogens is 5. The van der Waals surface area contributed by atoms with Gasteiger partial charge in [0.15, 0.2) is 6.23 Å². The first-order valence-corrected chi connectivity index (χ1v) is 14.5. The predicted molar refractivity (Wildman–Crippen MR) is 150 cm³/mol. The highest BCUT2D eigenvalue weighted by Crippen LogP contribution is 2.48. The third-order valence-electron chi connectivity index (χ3n) is 6.78. The van der Waals surface area contributed by atoms with Crippen LogP contribution < -0.4 is 21.1 Å². The Labute approximate surface area is 239 Å². The lowest BCUT2D eigenvalue weighted by Gasteiger charge is -2.28. The number of ether oxygens (including phenoxy) is 2. The van der Waals surface area contributed by atoms with Crippen LogP contribution in [0.2, 0.25) is 0 Å². The van der Waals surface area contributed by atoms with Crippen molar-refractivity contribution in [3.63, 3.8) is 0 Å². The second-order valence-electron chi connectivity index (χ2n) is 9.78. The van der Waals surface area contributed by atoms with Gasteiger partial charge in [-0.15, -0.1) is 0 Å². The van der Waals surface area contributed by atoms with Gasteiger partial charge in [-0.2, -0.15) is 5.09 Å². The zero-order valence-electron chi connectivity index (χ0n) is 22.9. The number of aliphatic hydroxyl groups is 2. The van der Waals surface area contributed by atoms with Gasteiger partial charge in [-0.3, -0.25) is 13.9 Å². The van der Waals surface area contributed by atoms with E-state index in [2.05, 4.69) is 25.0 Å². The molecule has 1 fully saturated rings. The molecule has 42 heavy (non-hydrogen) atoms. The Morgan fingerprint density at radius 2 is 1.74 bits per heavy atom. The molecule has 6 atom stereocenters. The van der Waals surface area contributed by atoms with Crippen LogP contribution in [0.5, 0.6) is 5.75 Å². The highest BCUT2D eigenvalue weighted by Gasteiger charge is 2.54. The second-order valence-corrected chi connectivity index (χ2v) is 11.5. The summed E-state index contributed by atoms with van der Waals surface area (Å²) in [5.41, 5.74) is 10.8. The first kappa shape index (κ1) is 29.6. The molecule has 1 unspecified atom stereocenters. The predicted octanol–water partition coefficient (Wildman–Crippen LogP) is 1.29. The largest absolute Gasteiger partial charge is 0.465 e. The molecule has 7 N–H and O–H groups in total. The molecule has 0 radical (unpaired) electrons. The number of nitrogen functional groups attached to an aromatic ring is 2. The van der Waals surface area contributed by atoms with Gasteiger partial charge in [0.25, 0.3) is 0 Å². The van der Waals surface area contributed by atoms with Crippen LogP contribution in [0.15, 0.2) is 43.0 Å². The van der Waals surface area contributed by atoms with E-state index < -0.39 is 50.4 Å². The summed E-state index contributed by atoms with van der Waals surface area (Å²) in [5.74, 6) is -0.276. The molecule has 5 rings (SSSR count). The maximum Gasteiger partial charge on any atom is 0.459 e. The Hall–Kier alpha value is -3.92.